The molecule has 1 aromatic carbocycles. The summed E-state index contributed by atoms with van der Waals surface area (Å²) < 4.78 is 0. The van der Waals surface area contributed by atoms with Crippen LogP contribution in [0.15, 0.2) is 47.7 Å². The normalized spacial score (nSPS) is 10.8. The maximum Gasteiger partial charge on any atom is 0.197 e. The summed E-state index contributed by atoms with van der Waals surface area (Å²) in [6, 6.07) is 7.18. The first-order chi connectivity index (χ1) is 7.86. The van der Waals surface area contributed by atoms with Crippen molar-refractivity contribution in [3.05, 3.63) is 53.1 Å². The van der Waals surface area contributed by atoms with E-state index in [-0.39, 0.29) is 5.43 Å². The predicted molar refractivity (Wildman–Crippen MR) is 61.1 cm³/mol. The lowest BCUT2D eigenvalue weighted by atomic mass is 10.2. The topological polar surface area (TPSA) is 55.7 Å². The molecule has 0 saturated heterocycles. The third kappa shape index (κ3) is 1.24. The van der Waals surface area contributed by atoms with Gasteiger partial charge in [-0.25, -0.2) is 0 Å². The van der Waals surface area contributed by atoms with Crippen LogP contribution in [-0.4, -0.2) is 15.2 Å². The van der Waals surface area contributed by atoms with Gasteiger partial charge in [0.25, 0.3) is 0 Å². The van der Waals surface area contributed by atoms with Crippen molar-refractivity contribution in [3.8, 4) is 0 Å². The van der Waals surface area contributed by atoms with Gasteiger partial charge in [-0.2, -0.15) is 10.2 Å². The molecule has 2 heterocycles. The van der Waals surface area contributed by atoms with E-state index < -0.39 is 0 Å². The second kappa shape index (κ2) is 3.34. The summed E-state index contributed by atoms with van der Waals surface area (Å²) in [7, 11) is 0. The number of nitrogens with zero attached hydrogens (tertiary/aromatic N) is 3. The third-order valence-corrected chi connectivity index (χ3v) is 2.51. The molecule has 0 saturated carbocycles. The van der Waals surface area contributed by atoms with Crippen molar-refractivity contribution in [1.29, 1.82) is 0 Å². The van der Waals surface area contributed by atoms with E-state index in [1.54, 1.807) is 24.5 Å². The molecule has 0 fully saturated rings. The minimum atomic E-state index is -0.0574. The number of fused-ring (bicyclic) bond motifs is 2. The molecule has 0 bridgehead atoms. The highest BCUT2D eigenvalue weighted by Crippen LogP contribution is 2.11. The average molecular weight is 209 g/mol. The molecular weight excluding hydrogens is 202 g/mol. The van der Waals surface area contributed by atoms with Crippen LogP contribution < -0.4 is 5.43 Å². The van der Waals surface area contributed by atoms with Crippen molar-refractivity contribution in [2.24, 2.45) is 0 Å². The molecule has 0 unspecified atom stereocenters. The summed E-state index contributed by atoms with van der Waals surface area (Å²) in [4.78, 5) is 16.3. The maximum atomic E-state index is 12.2. The number of hydrogen-bond donors (Lipinski definition) is 0. The van der Waals surface area contributed by atoms with Crippen LogP contribution in [0.25, 0.3) is 21.7 Å². The molecule has 76 valence electrons. The minimum absolute atomic E-state index is 0.0574. The zero-order valence-electron chi connectivity index (χ0n) is 8.29. The Bertz CT molecular complexity index is 678. The lowest BCUT2D eigenvalue weighted by Crippen LogP contribution is -1.99. The van der Waals surface area contributed by atoms with Gasteiger partial charge in [0.1, 0.15) is 0 Å². The molecule has 3 aromatic rings. The Morgan fingerprint density at radius 1 is 0.938 bits per heavy atom. The highest BCUT2D eigenvalue weighted by molar-refractivity contribution is 5.90. The van der Waals surface area contributed by atoms with E-state index in [2.05, 4.69) is 15.2 Å². The fourth-order valence-corrected chi connectivity index (χ4v) is 1.71. The van der Waals surface area contributed by atoms with Crippen LogP contribution in [0.1, 0.15) is 0 Å². The Morgan fingerprint density at radius 3 is 2.75 bits per heavy atom. The van der Waals surface area contributed by atoms with E-state index in [0.717, 1.165) is 5.39 Å². The van der Waals surface area contributed by atoms with Gasteiger partial charge in [-0.3, -0.25) is 9.78 Å². The molecule has 0 atom stereocenters. The van der Waals surface area contributed by atoms with Crippen LogP contribution in [0.4, 0.5) is 0 Å². The Hall–Kier alpha value is -2.36. The summed E-state index contributed by atoms with van der Waals surface area (Å²) >= 11 is 0. The quantitative estimate of drug-likeness (QED) is 0.563. The molecule has 0 aliphatic carbocycles. The van der Waals surface area contributed by atoms with Crippen LogP contribution in [0.2, 0.25) is 0 Å². The fraction of sp³-hybridized carbons (Fsp3) is 0. The van der Waals surface area contributed by atoms with E-state index >= 15 is 0 Å². The van der Waals surface area contributed by atoms with Crippen LogP contribution >= 0.6 is 0 Å². The zero-order chi connectivity index (χ0) is 11.0. The first kappa shape index (κ1) is 8.91. The smallest absolute Gasteiger partial charge is 0.197 e. The molecule has 0 spiro atoms. The highest BCUT2D eigenvalue weighted by atomic mass is 16.1. The van der Waals surface area contributed by atoms with Gasteiger partial charge in [0.15, 0.2) is 5.43 Å². The number of pyridine rings is 1. The van der Waals surface area contributed by atoms with Gasteiger partial charge in [-0.1, -0.05) is 6.07 Å². The second-order valence-corrected chi connectivity index (χ2v) is 3.46. The molecule has 0 amide bonds. The van der Waals surface area contributed by atoms with Gasteiger partial charge in [0.05, 0.1) is 23.3 Å². The Morgan fingerprint density at radius 2 is 1.81 bits per heavy atom. The summed E-state index contributed by atoms with van der Waals surface area (Å²) in [5, 5.41) is 9.45. The van der Waals surface area contributed by atoms with Crippen LogP contribution in [-0.2, 0) is 0 Å². The monoisotopic (exact) mass is 209 g/mol. The zero-order valence-corrected chi connectivity index (χ0v) is 8.29. The lowest BCUT2D eigenvalue weighted by molar-refractivity contribution is 1.05. The molecule has 2 aromatic heterocycles. The number of rotatable bonds is 0. The van der Waals surface area contributed by atoms with Gasteiger partial charge in [-0.15, -0.1) is 0 Å². The van der Waals surface area contributed by atoms with Crippen molar-refractivity contribution in [2.75, 3.05) is 0 Å². The van der Waals surface area contributed by atoms with E-state index in [1.165, 1.54) is 6.20 Å². The SMILES string of the molecule is O=c1c2cnncc2ccc2ncccc12. The average Bonchev–Trinajstić information content (AvgIpc) is 2.49. The first-order valence-corrected chi connectivity index (χ1v) is 4.85. The third-order valence-electron chi connectivity index (χ3n) is 2.51. The van der Waals surface area contributed by atoms with Crippen LogP contribution in [0.5, 0.6) is 0 Å². The fourth-order valence-electron chi connectivity index (χ4n) is 1.71. The van der Waals surface area contributed by atoms with E-state index in [9.17, 15) is 4.79 Å². The molecule has 16 heavy (non-hydrogen) atoms. The van der Waals surface area contributed by atoms with Crippen molar-refractivity contribution in [3.63, 3.8) is 0 Å². The highest BCUT2D eigenvalue weighted by Gasteiger charge is 2.02. The number of hydrogen-bond acceptors (Lipinski definition) is 4. The Labute approximate surface area is 90.6 Å². The van der Waals surface area contributed by atoms with Gasteiger partial charge < -0.3 is 0 Å². The van der Waals surface area contributed by atoms with Crippen molar-refractivity contribution in [1.82, 2.24) is 15.2 Å². The number of aromatic nitrogens is 3. The predicted octanol–water partition coefficient (Wildman–Crippen LogP) is 1.54. The lowest BCUT2D eigenvalue weighted by Gasteiger charge is -1.88. The molecule has 0 aliphatic rings. The molecule has 0 radical (unpaired) electrons. The summed E-state index contributed by atoms with van der Waals surface area (Å²) in [6.45, 7) is 0. The van der Waals surface area contributed by atoms with E-state index in [4.69, 9.17) is 0 Å². The van der Waals surface area contributed by atoms with Gasteiger partial charge in [-0.05, 0) is 18.2 Å². The van der Waals surface area contributed by atoms with Crippen molar-refractivity contribution < 1.29 is 0 Å². The van der Waals surface area contributed by atoms with Crippen LogP contribution in [0, 0.1) is 0 Å². The summed E-state index contributed by atoms with van der Waals surface area (Å²) in [5.74, 6) is 0. The Balaban J connectivity index is 2.69. The maximum absolute atomic E-state index is 12.2. The van der Waals surface area contributed by atoms with E-state index in [1.807, 2.05) is 12.1 Å². The molecule has 4 nitrogen and oxygen atoms in total. The standard InChI is InChI=1S/C12H7N3O/c16-12-9-2-1-5-13-11(9)4-3-8-6-14-15-7-10(8)12/h1-7H. The summed E-state index contributed by atoms with van der Waals surface area (Å²) in [5.41, 5.74) is 0.627. The van der Waals surface area contributed by atoms with Crippen LogP contribution in [0.3, 0.4) is 0 Å². The van der Waals surface area contributed by atoms with Gasteiger partial charge in [0, 0.05) is 17.0 Å². The van der Waals surface area contributed by atoms with Crippen molar-refractivity contribution >= 4 is 21.7 Å². The molecule has 0 N–H and O–H groups in total. The van der Waals surface area contributed by atoms with Gasteiger partial charge >= 0.3 is 0 Å². The molecular formula is C12H7N3O. The minimum Gasteiger partial charge on any atom is -0.288 e. The van der Waals surface area contributed by atoms with Crippen molar-refractivity contribution in [2.45, 2.75) is 0 Å². The van der Waals surface area contributed by atoms with E-state index in [0.29, 0.717) is 16.3 Å². The largest absolute Gasteiger partial charge is 0.288 e. The first-order valence-electron chi connectivity index (χ1n) is 4.85. The Kier molecular flexibility index (Phi) is 1.86. The van der Waals surface area contributed by atoms with Gasteiger partial charge in [0.2, 0.25) is 0 Å². The molecule has 3 rings (SSSR count). The molecule has 4 heteroatoms. The molecule has 0 aliphatic heterocycles. The second-order valence-electron chi connectivity index (χ2n) is 3.46. The summed E-state index contributed by atoms with van der Waals surface area (Å²) in [6.07, 6.45) is 4.74.